The van der Waals surface area contributed by atoms with Gasteiger partial charge < -0.3 is 4.74 Å². The molecule has 1 aliphatic carbocycles. The van der Waals surface area contributed by atoms with Crippen molar-refractivity contribution in [2.45, 2.75) is 64.7 Å². The van der Waals surface area contributed by atoms with Crippen LogP contribution in [0.25, 0.3) is 0 Å². The van der Waals surface area contributed by atoms with E-state index in [-0.39, 0.29) is 10.8 Å². The summed E-state index contributed by atoms with van der Waals surface area (Å²) in [4.78, 5) is 11.3. The van der Waals surface area contributed by atoms with Gasteiger partial charge in [-0.05, 0) is 64.4 Å². The minimum absolute atomic E-state index is 0.104. The van der Waals surface area contributed by atoms with Crippen LogP contribution in [0.5, 0.6) is 0 Å². The van der Waals surface area contributed by atoms with Crippen LogP contribution >= 0.6 is 11.6 Å². The summed E-state index contributed by atoms with van der Waals surface area (Å²) in [5, 5.41) is 0. The Hall–Kier alpha value is -0.760. The molecule has 1 atom stereocenters. The highest BCUT2D eigenvalue weighted by molar-refractivity contribution is 6.23. The van der Waals surface area contributed by atoms with Gasteiger partial charge in [0, 0.05) is 11.0 Å². The summed E-state index contributed by atoms with van der Waals surface area (Å²) in [6.45, 7) is 8.67. The average molecular weight is 299 g/mol. The van der Waals surface area contributed by atoms with Gasteiger partial charge in [-0.2, -0.15) is 0 Å². The Morgan fingerprint density at radius 2 is 2.20 bits per heavy atom. The van der Waals surface area contributed by atoms with Crippen LogP contribution in [-0.2, 0) is 9.53 Å². The van der Waals surface area contributed by atoms with Crippen molar-refractivity contribution in [1.82, 2.24) is 0 Å². The van der Waals surface area contributed by atoms with Crippen molar-refractivity contribution in [3.63, 3.8) is 0 Å². The van der Waals surface area contributed by atoms with Gasteiger partial charge >= 0.3 is 5.97 Å². The quantitative estimate of drug-likeness (QED) is 0.375. The number of alkyl halides is 1. The third-order valence-electron chi connectivity index (χ3n) is 3.56. The van der Waals surface area contributed by atoms with Crippen molar-refractivity contribution < 1.29 is 9.53 Å². The van der Waals surface area contributed by atoms with Gasteiger partial charge in [0.15, 0.2) is 0 Å². The summed E-state index contributed by atoms with van der Waals surface area (Å²) >= 11 is 6.23. The Morgan fingerprint density at radius 3 is 2.80 bits per heavy atom. The molecule has 1 aliphatic rings. The first-order valence-corrected chi connectivity index (χ1v) is 7.93. The van der Waals surface area contributed by atoms with Gasteiger partial charge in [-0.25, -0.2) is 4.79 Å². The lowest BCUT2D eigenvalue weighted by molar-refractivity contribution is -0.137. The van der Waals surface area contributed by atoms with Crippen molar-refractivity contribution in [1.29, 1.82) is 0 Å². The molecule has 0 spiro atoms. The standard InChI is InChI=1S/C17H27ClO2/c1-5-20-16(19)12-15-7-6-14(11-15)10-13(2)8-9-17(3,4)18/h11-13H,5-10H2,1-4H3/b15-12+. The number of hydrogen-bond acceptors (Lipinski definition) is 2. The summed E-state index contributed by atoms with van der Waals surface area (Å²) in [6, 6.07) is 0. The molecule has 0 amide bonds. The molecular weight excluding hydrogens is 272 g/mol. The first-order valence-electron chi connectivity index (χ1n) is 7.56. The van der Waals surface area contributed by atoms with E-state index in [4.69, 9.17) is 16.3 Å². The lowest BCUT2D eigenvalue weighted by Crippen LogP contribution is -2.11. The molecule has 0 aromatic rings. The number of rotatable bonds is 7. The fourth-order valence-corrected chi connectivity index (χ4v) is 2.57. The van der Waals surface area contributed by atoms with Crippen LogP contribution in [0, 0.1) is 5.92 Å². The molecule has 2 nitrogen and oxygen atoms in total. The van der Waals surface area contributed by atoms with Gasteiger partial charge in [-0.3, -0.25) is 0 Å². The number of carbonyl (C=O) groups excluding carboxylic acids is 1. The number of esters is 1. The van der Waals surface area contributed by atoms with Gasteiger partial charge in [0.1, 0.15) is 0 Å². The third-order valence-corrected chi connectivity index (χ3v) is 3.75. The number of ether oxygens (including phenoxy) is 1. The van der Waals surface area contributed by atoms with Gasteiger partial charge in [0.25, 0.3) is 0 Å². The lowest BCUT2D eigenvalue weighted by Gasteiger charge is -2.19. The highest BCUT2D eigenvalue weighted by atomic mass is 35.5. The maximum absolute atomic E-state index is 11.4. The minimum atomic E-state index is -0.225. The van der Waals surface area contributed by atoms with Crippen LogP contribution in [0.3, 0.4) is 0 Å². The fourth-order valence-electron chi connectivity index (χ4n) is 2.46. The van der Waals surface area contributed by atoms with Crippen molar-refractivity contribution in [2.75, 3.05) is 6.61 Å². The van der Waals surface area contributed by atoms with Crippen molar-refractivity contribution in [3.8, 4) is 0 Å². The van der Waals surface area contributed by atoms with Crippen LogP contribution in [0.1, 0.15) is 59.8 Å². The molecule has 1 rings (SSSR count). The molecule has 0 N–H and O–H groups in total. The predicted molar refractivity (Wildman–Crippen MR) is 85.0 cm³/mol. The van der Waals surface area contributed by atoms with Crippen LogP contribution in [0.4, 0.5) is 0 Å². The molecule has 0 heterocycles. The number of carbonyl (C=O) groups is 1. The van der Waals surface area contributed by atoms with E-state index >= 15 is 0 Å². The molecule has 0 aromatic heterocycles. The van der Waals surface area contributed by atoms with Gasteiger partial charge in [0.05, 0.1) is 6.61 Å². The molecule has 0 bridgehead atoms. The molecule has 1 unspecified atom stereocenters. The number of halogens is 1. The highest BCUT2D eigenvalue weighted by Crippen LogP contribution is 2.31. The second-order valence-electron chi connectivity index (χ2n) is 6.34. The Balaban J connectivity index is 2.43. The zero-order valence-electron chi connectivity index (χ0n) is 13.2. The van der Waals surface area contributed by atoms with Gasteiger partial charge in [-0.15, -0.1) is 11.6 Å². The molecule has 0 saturated heterocycles. The van der Waals surface area contributed by atoms with Crippen molar-refractivity contribution in [2.24, 2.45) is 5.92 Å². The zero-order valence-corrected chi connectivity index (χ0v) is 13.9. The topological polar surface area (TPSA) is 26.3 Å². The average Bonchev–Trinajstić information content (AvgIpc) is 2.73. The molecule has 20 heavy (non-hydrogen) atoms. The van der Waals surface area contributed by atoms with Crippen LogP contribution in [0.2, 0.25) is 0 Å². The first kappa shape index (κ1) is 17.3. The normalized spacial score (nSPS) is 19.1. The molecule has 0 aliphatic heterocycles. The van der Waals surface area contributed by atoms with Crippen LogP contribution in [0.15, 0.2) is 23.3 Å². The third kappa shape index (κ3) is 7.14. The van der Waals surface area contributed by atoms with Crippen LogP contribution < -0.4 is 0 Å². The van der Waals surface area contributed by atoms with Crippen LogP contribution in [-0.4, -0.2) is 17.5 Å². The number of hydrogen-bond donors (Lipinski definition) is 0. The SMILES string of the molecule is CCOC(=O)/C=C1/C=C(CC(C)CCC(C)(C)Cl)CC1. The summed E-state index contributed by atoms with van der Waals surface area (Å²) in [7, 11) is 0. The summed E-state index contributed by atoms with van der Waals surface area (Å²) in [5.74, 6) is 0.415. The summed E-state index contributed by atoms with van der Waals surface area (Å²) < 4.78 is 4.94. The fraction of sp³-hybridized carbons (Fsp3) is 0.706. The Morgan fingerprint density at radius 1 is 1.50 bits per heavy atom. The monoisotopic (exact) mass is 298 g/mol. The van der Waals surface area contributed by atoms with E-state index in [1.54, 1.807) is 6.08 Å². The number of allylic oxidation sites excluding steroid dienone is 3. The van der Waals surface area contributed by atoms with E-state index in [1.807, 2.05) is 6.92 Å². The van der Waals surface area contributed by atoms with E-state index in [9.17, 15) is 4.79 Å². The van der Waals surface area contributed by atoms with E-state index in [0.29, 0.717) is 12.5 Å². The second-order valence-corrected chi connectivity index (χ2v) is 7.36. The maximum atomic E-state index is 11.4. The largest absolute Gasteiger partial charge is 0.463 e. The zero-order chi connectivity index (χ0) is 15.2. The lowest BCUT2D eigenvalue weighted by atomic mass is 9.93. The van der Waals surface area contributed by atoms with E-state index in [2.05, 4.69) is 26.8 Å². The molecule has 3 heteroatoms. The summed E-state index contributed by atoms with van der Waals surface area (Å²) in [6.07, 6.45) is 9.11. The van der Waals surface area contributed by atoms with Crippen molar-refractivity contribution in [3.05, 3.63) is 23.3 Å². The molecular formula is C17H27ClO2. The molecule has 0 saturated carbocycles. The van der Waals surface area contributed by atoms with Gasteiger partial charge in [-0.1, -0.05) is 18.6 Å². The highest BCUT2D eigenvalue weighted by Gasteiger charge is 2.17. The van der Waals surface area contributed by atoms with Gasteiger partial charge in [0.2, 0.25) is 0 Å². The van der Waals surface area contributed by atoms with Crippen molar-refractivity contribution >= 4 is 17.6 Å². The first-order chi connectivity index (χ1) is 9.30. The molecule has 114 valence electrons. The van der Waals surface area contributed by atoms with E-state index in [0.717, 1.165) is 37.7 Å². The maximum Gasteiger partial charge on any atom is 0.331 e. The predicted octanol–water partition coefficient (Wildman–Crippen LogP) is 5.02. The second kappa shape index (κ2) is 7.87. The Labute approximate surface area is 128 Å². The Bertz CT molecular complexity index is 388. The molecule has 0 aromatic carbocycles. The van der Waals surface area contributed by atoms with E-state index < -0.39 is 0 Å². The summed E-state index contributed by atoms with van der Waals surface area (Å²) in [5.41, 5.74) is 2.55. The molecule has 0 fully saturated rings. The minimum Gasteiger partial charge on any atom is -0.463 e. The Kier molecular flexibility index (Phi) is 6.81. The smallest absolute Gasteiger partial charge is 0.331 e. The molecule has 0 radical (unpaired) electrons. The van der Waals surface area contributed by atoms with E-state index in [1.165, 1.54) is 5.57 Å².